The molecule has 0 unspecified atom stereocenters. The number of hydrogen-bond acceptors (Lipinski definition) is 4. The average molecular weight is 386 g/mol. The van der Waals surface area contributed by atoms with Crippen molar-refractivity contribution in [3.8, 4) is 0 Å². The predicted octanol–water partition coefficient (Wildman–Crippen LogP) is 3.63. The third-order valence-corrected chi connectivity index (χ3v) is 5.85. The largest absolute Gasteiger partial charge is 0.478 e. The molecule has 1 aliphatic rings. The van der Waals surface area contributed by atoms with Crippen LogP contribution in [-0.2, 0) is 22.4 Å². The molecule has 7 heteroatoms. The zero-order chi connectivity index (χ0) is 19.6. The highest BCUT2D eigenvalue weighted by Crippen LogP contribution is 2.33. The summed E-state index contributed by atoms with van der Waals surface area (Å²) < 4.78 is 0. The van der Waals surface area contributed by atoms with E-state index in [1.165, 1.54) is 11.3 Å². The van der Waals surface area contributed by atoms with E-state index >= 15 is 0 Å². The number of rotatable bonds is 6. The Kier molecular flexibility index (Phi) is 5.60. The minimum Gasteiger partial charge on any atom is -0.478 e. The first kappa shape index (κ1) is 19.1. The molecule has 2 aromatic rings. The Labute approximate surface area is 161 Å². The van der Waals surface area contributed by atoms with Gasteiger partial charge in [-0.3, -0.25) is 9.59 Å². The maximum Gasteiger partial charge on any atom is 0.339 e. The number of fused-ring (bicyclic) bond motifs is 1. The average Bonchev–Trinajstić information content (AvgIpc) is 2.95. The van der Waals surface area contributed by atoms with Gasteiger partial charge in [0.25, 0.3) is 0 Å². The number of carbonyl (C=O) groups is 3. The molecule has 0 saturated carbocycles. The summed E-state index contributed by atoms with van der Waals surface area (Å²) in [7, 11) is 0. The van der Waals surface area contributed by atoms with E-state index in [2.05, 4.69) is 5.32 Å². The van der Waals surface area contributed by atoms with Gasteiger partial charge >= 0.3 is 5.97 Å². The van der Waals surface area contributed by atoms with E-state index in [-0.39, 0.29) is 30.3 Å². The van der Waals surface area contributed by atoms with Gasteiger partial charge in [0.1, 0.15) is 5.00 Å². The number of carbonyl (C=O) groups excluding carboxylic acids is 2. The predicted molar refractivity (Wildman–Crippen MR) is 106 cm³/mol. The number of hydrogen-bond donors (Lipinski definition) is 2. The molecule has 2 amide bonds. The van der Waals surface area contributed by atoms with Gasteiger partial charge in [-0.05, 0) is 37.0 Å². The van der Waals surface area contributed by atoms with Gasteiger partial charge in [-0.1, -0.05) is 25.1 Å². The number of para-hydroxylation sites is 1. The van der Waals surface area contributed by atoms with Gasteiger partial charge in [-0.25, -0.2) is 4.79 Å². The van der Waals surface area contributed by atoms with E-state index in [1.54, 1.807) is 4.90 Å². The lowest BCUT2D eigenvalue weighted by Crippen LogP contribution is -2.37. The van der Waals surface area contributed by atoms with Gasteiger partial charge in [0.2, 0.25) is 11.8 Å². The molecule has 2 heterocycles. The minimum atomic E-state index is -1.04. The van der Waals surface area contributed by atoms with Crippen LogP contribution in [0, 0.1) is 6.92 Å². The molecule has 142 valence electrons. The van der Waals surface area contributed by atoms with E-state index in [0.29, 0.717) is 24.3 Å². The van der Waals surface area contributed by atoms with Gasteiger partial charge in [0.15, 0.2) is 0 Å². The molecular weight excluding hydrogens is 364 g/mol. The summed E-state index contributed by atoms with van der Waals surface area (Å²) in [5.74, 6) is -1.32. The van der Waals surface area contributed by atoms with E-state index in [4.69, 9.17) is 0 Å². The fourth-order valence-corrected chi connectivity index (χ4v) is 4.62. The molecule has 2 N–H and O–H groups in total. The van der Waals surface area contributed by atoms with E-state index in [1.807, 2.05) is 38.1 Å². The molecule has 27 heavy (non-hydrogen) atoms. The molecule has 0 saturated heterocycles. The van der Waals surface area contributed by atoms with Crippen molar-refractivity contribution in [1.29, 1.82) is 0 Å². The maximum absolute atomic E-state index is 12.4. The van der Waals surface area contributed by atoms with Crippen molar-refractivity contribution in [3.05, 3.63) is 45.8 Å². The Bertz CT molecular complexity index is 903. The summed E-state index contributed by atoms with van der Waals surface area (Å²) in [6.07, 6.45) is 1.86. The highest BCUT2D eigenvalue weighted by molar-refractivity contribution is 7.16. The van der Waals surface area contributed by atoms with Gasteiger partial charge < -0.3 is 15.3 Å². The molecule has 3 rings (SSSR count). The number of nitrogens with one attached hydrogen (secondary N) is 1. The summed E-state index contributed by atoms with van der Waals surface area (Å²) in [4.78, 5) is 38.8. The third-order valence-electron chi connectivity index (χ3n) is 4.78. The lowest BCUT2D eigenvalue weighted by Gasteiger charge is -2.29. The molecule has 0 aliphatic carbocycles. The zero-order valence-electron chi connectivity index (χ0n) is 15.4. The van der Waals surface area contributed by atoms with Crippen LogP contribution in [0.15, 0.2) is 24.3 Å². The molecular formula is C20H22N2O4S. The van der Waals surface area contributed by atoms with Crippen LogP contribution in [-0.4, -0.2) is 29.4 Å². The van der Waals surface area contributed by atoms with Crippen molar-refractivity contribution in [2.75, 3.05) is 16.8 Å². The normalized spacial score (nSPS) is 13.4. The minimum absolute atomic E-state index is 0.00737. The number of aromatic carboxylic acids is 1. The summed E-state index contributed by atoms with van der Waals surface area (Å²) in [5, 5.41) is 12.6. The highest BCUT2D eigenvalue weighted by atomic mass is 32.1. The molecule has 0 fully saturated rings. The number of nitrogens with zero attached hydrogens (tertiary/aromatic N) is 1. The highest BCUT2D eigenvalue weighted by Gasteiger charge is 2.25. The van der Waals surface area contributed by atoms with Gasteiger partial charge in [0.05, 0.1) is 5.56 Å². The number of carboxylic acids is 1. The van der Waals surface area contributed by atoms with Crippen molar-refractivity contribution in [2.45, 2.75) is 39.5 Å². The SMILES string of the molecule is CCc1c(C)sc(NC(=O)CCN2C(=O)CCc3ccccc32)c1C(=O)O. The second-order valence-electron chi connectivity index (χ2n) is 6.47. The molecule has 1 aromatic carbocycles. The van der Waals surface area contributed by atoms with Crippen LogP contribution in [0.1, 0.15) is 46.1 Å². The second kappa shape index (κ2) is 7.92. The Morgan fingerprint density at radius 2 is 2.00 bits per heavy atom. The number of carboxylic acid groups (broad SMARTS) is 1. The zero-order valence-corrected chi connectivity index (χ0v) is 16.2. The fourth-order valence-electron chi connectivity index (χ4n) is 3.46. The monoisotopic (exact) mass is 386 g/mol. The standard InChI is InChI=1S/C20H22N2O4S/c1-3-14-12(2)27-19(18(14)20(25)26)21-16(23)10-11-22-15-7-5-4-6-13(15)8-9-17(22)24/h4-7H,3,8-11H2,1-2H3,(H,21,23)(H,25,26). The smallest absolute Gasteiger partial charge is 0.339 e. The number of thiophene rings is 1. The Morgan fingerprint density at radius 3 is 2.70 bits per heavy atom. The first-order valence-corrected chi connectivity index (χ1v) is 9.77. The topological polar surface area (TPSA) is 86.7 Å². The number of anilines is 2. The first-order chi connectivity index (χ1) is 12.9. The van der Waals surface area contributed by atoms with E-state index in [9.17, 15) is 19.5 Å². The molecule has 0 spiro atoms. The van der Waals surface area contributed by atoms with Crippen molar-refractivity contribution in [1.82, 2.24) is 0 Å². The van der Waals surface area contributed by atoms with Crippen molar-refractivity contribution < 1.29 is 19.5 Å². The number of amides is 2. The maximum atomic E-state index is 12.4. The fraction of sp³-hybridized carbons (Fsp3) is 0.350. The van der Waals surface area contributed by atoms with Gasteiger partial charge in [0, 0.05) is 30.0 Å². The van der Waals surface area contributed by atoms with Crippen LogP contribution in [0.5, 0.6) is 0 Å². The van der Waals surface area contributed by atoms with Crippen molar-refractivity contribution >= 4 is 39.8 Å². The van der Waals surface area contributed by atoms with Crippen LogP contribution in [0.25, 0.3) is 0 Å². The van der Waals surface area contributed by atoms with Gasteiger partial charge in [-0.2, -0.15) is 0 Å². The Hall–Kier alpha value is -2.67. The lowest BCUT2D eigenvalue weighted by atomic mass is 10.0. The lowest BCUT2D eigenvalue weighted by molar-refractivity contribution is -0.119. The molecule has 0 atom stereocenters. The van der Waals surface area contributed by atoms with Crippen molar-refractivity contribution in [3.63, 3.8) is 0 Å². The molecule has 6 nitrogen and oxygen atoms in total. The molecule has 0 bridgehead atoms. The number of benzene rings is 1. The van der Waals surface area contributed by atoms with Crippen molar-refractivity contribution in [2.24, 2.45) is 0 Å². The van der Waals surface area contributed by atoms with Crippen LogP contribution in [0.2, 0.25) is 0 Å². The Balaban J connectivity index is 1.71. The molecule has 1 aromatic heterocycles. The second-order valence-corrected chi connectivity index (χ2v) is 7.70. The van der Waals surface area contributed by atoms with Crippen LogP contribution < -0.4 is 10.2 Å². The first-order valence-electron chi connectivity index (χ1n) is 8.96. The Morgan fingerprint density at radius 1 is 1.26 bits per heavy atom. The quantitative estimate of drug-likeness (QED) is 0.794. The van der Waals surface area contributed by atoms with E-state index < -0.39 is 5.97 Å². The summed E-state index contributed by atoms with van der Waals surface area (Å²) in [5.41, 5.74) is 2.89. The summed E-state index contributed by atoms with van der Waals surface area (Å²) >= 11 is 1.28. The molecule has 0 radical (unpaired) electrons. The number of aryl methyl sites for hydroxylation is 2. The van der Waals surface area contributed by atoms with Crippen LogP contribution >= 0.6 is 11.3 Å². The van der Waals surface area contributed by atoms with Crippen LogP contribution in [0.4, 0.5) is 10.7 Å². The summed E-state index contributed by atoms with van der Waals surface area (Å²) in [6.45, 7) is 4.02. The van der Waals surface area contributed by atoms with Crippen LogP contribution in [0.3, 0.4) is 0 Å². The third kappa shape index (κ3) is 3.88. The summed E-state index contributed by atoms with van der Waals surface area (Å²) in [6, 6.07) is 7.71. The van der Waals surface area contributed by atoms with Gasteiger partial charge in [-0.15, -0.1) is 11.3 Å². The molecule has 1 aliphatic heterocycles. The van der Waals surface area contributed by atoms with E-state index in [0.717, 1.165) is 21.7 Å².